The van der Waals surface area contributed by atoms with Crippen LogP contribution in [0, 0.1) is 11.8 Å². The highest BCUT2D eigenvalue weighted by molar-refractivity contribution is 4.98. The summed E-state index contributed by atoms with van der Waals surface area (Å²) in [5.41, 5.74) is -0.0375. The summed E-state index contributed by atoms with van der Waals surface area (Å²) in [4.78, 5) is 0. The van der Waals surface area contributed by atoms with Crippen LogP contribution >= 0.6 is 0 Å². The summed E-state index contributed by atoms with van der Waals surface area (Å²) in [6, 6.07) is 0.387. The van der Waals surface area contributed by atoms with Crippen LogP contribution in [-0.2, 0) is 4.74 Å². The first kappa shape index (κ1) is 14.5. The number of hydrogen-bond acceptors (Lipinski definition) is 2. The summed E-state index contributed by atoms with van der Waals surface area (Å²) in [6.07, 6.45) is 4.05. The van der Waals surface area contributed by atoms with Gasteiger partial charge in [0, 0.05) is 19.6 Å². The van der Waals surface area contributed by atoms with Gasteiger partial charge in [-0.05, 0) is 33.2 Å². The van der Waals surface area contributed by atoms with Crippen LogP contribution in [0.5, 0.6) is 0 Å². The van der Waals surface area contributed by atoms with E-state index in [0.717, 1.165) is 25.7 Å². The van der Waals surface area contributed by atoms with Crippen LogP contribution in [-0.4, -0.2) is 25.8 Å². The van der Waals surface area contributed by atoms with E-state index in [-0.39, 0.29) is 5.60 Å². The molecule has 0 rings (SSSR count). The molecule has 2 nitrogen and oxygen atoms in total. The maximum atomic E-state index is 5.71. The number of likely N-dealkylation sites (N-methyl/N-ethyl adjacent to an activating group) is 1. The smallest absolute Gasteiger partial charge is 0.0825 e. The molecule has 0 aromatic carbocycles. The lowest BCUT2D eigenvalue weighted by Gasteiger charge is -2.38. The van der Waals surface area contributed by atoms with E-state index >= 15 is 0 Å². The van der Waals surface area contributed by atoms with E-state index in [1.807, 2.05) is 21.1 Å². The number of hydrogen-bond donors (Lipinski definition) is 1. The third-order valence-corrected chi connectivity index (χ3v) is 3.32. The zero-order chi connectivity index (χ0) is 11.7. The van der Waals surface area contributed by atoms with Crippen molar-refractivity contribution in [2.24, 2.45) is 0 Å². The average molecular weight is 211 g/mol. The number of rotatable bonds is 7. The van der Waals surface area contributed by atoms with Crippen molar-refractivity contribution in [1.29, 1.82) is 0 Å². The molecule has 88 valence electrons. The average Bonchev–Trinajstić information content (AvgIpc) is 2.29. The van der Waals surface area contributed by atoms with Crippen molar-refractivity contribution < 1.29 is 4.74 Å². The molecule has 0 aliphatic rings. The Morgan fingerprint density at radius 1 is 1.33 bits per heavy atom. The van der Waals surface area contributed by atoms with E-state index < -0.39 is 0 Å². The normalized spacial score (nSPS) is 13.1. The second-order valence-corrected chi connectivity index (χ2v) is 3.78. The zero-order valence-electron chi connectivity index (χ0n) is 10.8. The first-order chi connectivity index (χ1) is 7.20. The molecular formula is C13H25NO. The summed E-state index contributed by atoms with van der Waals surface area (Å²) in [6.45, 7) is 6.25. The van der Waals surface area contributed by atoms with Gasteiger partial charge in [0.05, 0.1) is 5.60 Å². The van der Waals surface area contributed by atoms with Gasteiger partial charge in [-0.2, -0.15) is 0 Å². The highest BCUT2D eigenvalue weighted by Gasteiger charge is 2.34. The van der Waals surface area contributed by atoms with Crippen molar-refractivity contribution in [3.05, 3.63) is 0 Å². The molecule has 0 aliphatic carbocycles. The second kappa shape index (κ2) is 7.73. The van der Waals surface area contributed by atoms with Gasteiger partial charge in [-0.25, -0.2) is 0 Å². The summed E-state index contributed by atoms with van der Waals surface area (Å²) in [5.74, 6) is 6.05. The number of methoxy groups -OCH3 is 1. The lowest BCUT2D eigenvalue weighted by atomic mass is 9.85. The summed E-state index contributed by atoms with van der Waals surface area (Å²) >= 11 is 0. The van der Waals surface area contributed by atoms with Crippen LogP contribution in [0.1, 0.15) is 46.5 Å². The fraction of sp³-hybridized carbons (Fsp3) is 0.846. The van der Waals surface area contributed by atoms with Crippen molar-refractivity contribution >= 4 is 0 Å². The molecule has 1 unspecified atom stereocenters. The molecule has 0 aromatic rings. The van der Waals surface area contributed by atoms with Crippen LogP contribution in [0.4, 0.5) is 0 Å². The second-order valence-electron chi connectivity index (χ2n) is 3.78. The monoisotopic (exact) mass is 211 g/mol. The third kappa shape index (κ3) is 3.85. The van der Waals surface area contributed by atoms with Crippen molar-refractivity contribution in [2.75, 3.05) is 14.2 Å². The summed E-state index contributed by atoms with van der Waals surface area (Å²) in [7, 11) is 3.81. The minimum atomic E-state index is -0.0375. The molecule has 0 radical (unpaired) electrons. The SMILES string of the molecule is CC#CCCC(NC)C(CC)(CC)OC. The Morgan fingerprint density at radius 3 is 2.27 bits per heavy atom. The Hall–Kier alpha value is -0.520. The van der Waals surface area contributed by atoms with Crippen LogP contribution in [0.2, 0.25) is 0 Å². The van der Waals surface area contributed by atoms with E-state index in [1.54, 1.807) is 0 Å². The standard InChI is InChI=1S/C13H25NO/c1-6-9-10-11-12(14-4)13(7-2,8-3)15-5/h12,14H,7-8,10-11H2,1-5H3. The lowest BCUT2D eigenvalue weighted by Crippen LogP contribution is -2.50. The van der Waals surface area contributed by atoms with Gasteiger partial charge in [0.25, 0.3) is 0 Å². The van der Waals surface area contributed by atoms with Crippen LogP contribution in [0.25, 0.3) is 0 Å². The summed E-state index contributed by atoms with van der Waals surface area (Å²) in [5, 5.41) is 3.36. The van der Waals surface area contributed by atoms with Crippen molar-refractivity contribution in [3.8, 4) is 11.8 Å². The topological polar surface area (TPSA) is 21.3 Å². The fourth-order valence-electron chi connectivity index (χ4n) is 2.19. The van der Waals surface area contributed by atoms with E-state index in [9.17, 15) is 0 Å². The molecule has 0 amide bonds. The van der Waals surface area contributed by atoms with E-state index in [4.69, 9.17) is 4.74 Å². The van der Waals surface area contributed by atoms with Gasteiger partial charge in [0.15, 0.2) is 0 Å². The van der Waals surface area contributed by atoms with E-state index in [2.05, 4.69) is 31.0 Å². The van der Waals surface area contributed by atoms with Gasteiger partial charge < -0.3 is 10.1 Å². The number of ether oxygens (including phenoxy) is 1. The molecule has 0 spiro atoms. The highest BCUT2D eigenvalue weighted by Crippen LogP contribution is 2.26. The van der Waals surface area contributed by atoms with Crippen LogP contribution < -0.4 is 5.32 Å². The quantitative estimate of drug-likeness (QED) is 0.654. The van der Waals surface area contributed by atoms with Gasteiger partial charge in [-0.1, -0.05) is 13.8 Å². The maximum absolute atomic E-state index is 5.71. The molecule has 0 aromatic heterocycles. The van der Waals surface area contributed by atoms with Gasteiger partial charge in [0.1, 0.15) is 0 Å². The molecule has 0 heterocycles. The maximum Gasteiger partial charge on any atom is 0.0825 e. The van der Waals surface area contributed by atoms with Crippen LogP contribution in [0.3, 0.4) is 0 Å². The lowest BCUT2D eigenvalue weighted by molar-refractivity contribution is -0.0472. The van der Waals surface area contributed by atoms with Gasteiger partial charge >= 0.3 is 0 Å². The van der Waals surface area contributed by atoms with Crippen molar-refractivity contribution in [2.45, 2.75) is 58.1 Å². The predicted octanol–water partition coefficient (Wildman–Crippen LogP) is 2.58. The minimum Gasteiger partial charge on any atom is -0.377 e. The molecule has 1 atom stereocenters. The summed E-state index contributed by atoms with van der Waals surface area (Å²) < 4.78 is 5.71. The van der Waals surface area contributed by atoms with Crippen molar-refractivity contribution in [3.63, 3.8) is 0 Å². The Morgan fingerprint density at radius 2 is 1.93 bits per heavy atom. The largest absolute Gasteiger partial charge is 0.377 e. The first-order valence-corrected chi connectivity index (χ1v) is 5.82. The van der Waals surface area contributed by atoms with Gasteiger partial charge in [-0.15, -0.1) is 11.8 Å². The van der Waals surface area contributed by atoms with Gasteiger partial charge in [-0.3, -0.25) is 0 Å². The molecule has 2 heteroatoms. The predicted molar refractivity (Wildman–Crippen MR) is 65.9 cm³/mol. The molecule has 1 N–H and O–H groups in total. The molecule has 15 heavy (non-hydrogen) atoms. The fourth-order valence-corrected chi connectivity index (χ4v) is 2.19. The zero-order valence-corrected chi connectivity index (χ0v) is 10.8. The molecular weight excluding hydrogens is 186 g/mol. The Kier molecular flexibility index (Phi) is 7.46. The van der Waals surface area contributed by atoms with Crippen molar-refractivity contribution in [1.82, 2.24) is 5.32 Å². The van der Waals surface area contributed by atoms with E-state index in [1.165, 1.54) is 0 Å². The van der Waals surface area contributed by atoms with Gasteiger partial charge in [0.2, 0.25) is 0 Å². The Balaban J connectivity index is 4.48. The first-order valence-electron chi connectivity index (χ1n) is 5.82. The molecule has 0 fully saturated rings. The molecule has 0 saturated carbocycles. The van der Waals surface area contributed by atoms with Crippen LogP contribution in [0.15, 0.2) is 0 Å². The molecule has 0 bridgehead atoms. The molecule has 0 saturated heterocycles. The molecule has 0 aliphatic heterocycles. The minimum absolute atomic E-state index is 0.0375. The Bertz CT molecular complexity index is 202. The number of nitrogens with one attached hydrogen (secondary N) is 1. The van der Waals surface area contributed by atoms with E-state index in [0.29, 0.717) is 6.04 Å². The highest BCUT2D eigenvalue weighted by atomic mass is 16.5. The third-order valence-electron chi connectivity index (χ3n) is 3.32. The Labute approximate surface area is 94.8 Å².